The van der Waals surface area contributed by atoms with Crippen molar-refractivity contribution >= 4 is 11.9 Å². The van der Waals surface area contributed by atoms with Crippen LogP contribution in [0.2, 0.25) is 0 Å². The lowest BCUT2D eigenvalue weighted by Gasteiger charge is -2.27. The zero-order valence-corrected chi connectivity index (χ0v) is 20.9. The van der Waals surface area contributed by atoms with Crippen molar-refractivity contribution in [2.75, 3.05) is 27.2 Å². The number of benzene rings is 2. The summed E-state index contributed by atoms with van der Waals surface area (Å²) in [5, 5.41) is 7.34. The molecule has 7 nitrogen and oxygen atoms in total. The molecule has 1 aliphatic carbocycles. The molecule has 0 bridgehead atoms. The van der Waals surface area contributed by atoms with Gasteiger partial charge in [-0.05, 0) is 55.2 Å². The molecular weight excluding hydrogens is 485 g/mol. The quantitative estimate of drug-likeness (QED) is 0.591. The van der Waals surface area contributed by atoms with Crippen molar-refractivity contribution in [3.8, 4) is 0 Å². The number of nitrogens with one attached hydrogen (secondary N) is 1. The number of fused-ring (bicyclic) bond motifs is 1. The number of carbonyl (C=O) groups is 2. The molecule has 2 heterocycles. The predicted molar refractivity (Wildman–Crippen MR) is 130 cm³/mol. The zero-order valence-electron chi connectivity index (χ0n) is 20.9. The van der Waals surface area contributed by atoms with E-state index >= 15 is 0 Å². The number of ether oxygens (including phenoxy) is 1. The van der Waals surface area contributed by atoms with Gasteiger partial charge in [-0.15, -0.1) is 0 Å². The summed E-state index contributed by atoms with van der Waals surface area (Å²) in [6.07, 6.45) is -2.79. The molecule has 1 atom stereocenters. The summed E-state index contributed by atoms with van der Waals surface area (Å²) in [5.41, 5.74) is 1.61. The maximum Gasteiger partial charge on any atom is 0.416 e. The van der Waals surface area contributed by atoms with Crippen LogP contribution in [0.5, 0.6) is 0 Å². The molecular formula is C27H29F3N4O3. The van der Waals surface area contributed by atoms with Gasteiger partial charge in [-0.2, -0.15) is 13.2 Å². The van der Waals surface area contributed by atoms with Gasteiger partial charge < -0.3 is 15.0 Å². The van der Waals surface area contributed by atoms with E-state index in [1.165, 1.54) is 19.2 Å². The van der Waals surface area contributed by atoms with Crippen molar-refractivity contribution in [1.29, 1.82) is 0 Å². The summed E-state index contributed by atoms with van der Waals surface area (Å²) in [6, 6.07) is 12.1. The van der Waals surface area contributed by atoms with E-state index in [-0.39, 0.29) is 11.9 Å². The summed E-state index contributed by atoms with van der Waals surface area (Å²) in [5.74, 6) is 0.222. The lowest BCUT2D eigenvalue weighted by atomic mass is 10.0. The van der Waals surface area contributed by atoms with Gasteiger partial charge in [0.2, 0.25) is 0 Å². The predicted octanol–water partition coefficient (Wildman–Crippen LogP) is 3.88. The Hall–Kier alpha value is -3.53. The smallest absolute Gasteiger partial charge is 0.416 e. The van der Waals surface area contributed by atoms with Crippen molar-refractivity contribution in [1.82, 2.24) is 20.2 Å². The number of likely N-dealkylation sites (N-methyl/N-ethyl adjacent to an activating group) is 1. The van der Waals surface area contributed by atoms with E-state index in [0.717, 1.165) is 41.9 Å². The highest BCUT2D eigenvalue weighted by Gasteiger charge is 2.49. The largest absolute Gasteiger partial charge is 0.465 e. The molecule has 5 rings (SSSR count). The molecule has 37 heavy (non-hydrogen) atoms. The standard InChI is InChI=1S/C27H29F3N4O3/c1-17-22(23(35)31-26(12-13-26)20-10-6-19(7-11-20)25(36)37-3)24-33(14-15-34(24)32(17)2)16-18-4-8-21(9-5-18)27(28,29)30/h4-11,17H,12-16H2,1-3H3,(H,31,35). The second-order valence-electron chi connectivity index (χ2n) is 9.83. The molecule has 2 aromatic carbocycles. The molecule has 2 aliphatic heterocycles. The lowest BCUT2D eigenvalue weighted by molar-refractivity contribution is -0.137. The number of hydrazine groups is 1. The number of carbonyl (C=O) groups excluding carboxylic acids is 2. The van der Waals surface area contributed by atoms with Crippen LogP contribution in [0, 0.1) is 0 Å². The highest BCUT2D eigenvalue weighted by molar-refractivity contribution is 5.96. The molecule has 1 saturated heterocycles. The topological polar surface area (TPSA) is 65.1 Å². The Bertz CT molecular complexity index is 1240. The molecule has 1 saturated carbocycles. The van der Waals surface area contributed by atoms with Crippen LogP contribution in [-0.4, -0.2) is 60.1 Å². The number of halogens is 3. The molecule has 1 unspecified atom stereocenters. The molecule has 0 aromatic heterocycles. The first-order valence-corrected chi connectivity index (χ1v) is 12.2. The fourth-order valence-corrected chi connectivity index (χ4v) is 5.19. The van der Waals surface area contributed by atoms with Gasteiger partial charge in [0, 0.05) is 20.1 Å². The molecule has 0 spiro atoms. The van der Waals surface area contributed by atoms with Crippen LogP contribution in [0.25, 0.3) is 0 Å². The van der Waals surface area contributed by atoms with Crippen LogP contribution in [-0.2, 0) is 27.8 Å². The fourth-order valence-electron chi connectivity index (χ4n) is 5.19. The first-order valence-electron chi connectivity index (χ1n) is 12.2. The van der Waals surface area contributed by atoms with E-state index in [4.69, 9.17) is 4.74 Å². The second kappa shape index (κ2) is 9.09. The van der Waals surface area contributed by atoms with Crippen LogP contribution in [0.3, 0.4) is 0 Å². The van der Waals surface area contributed by atoms with E-state index in [9.17, 15) is 22.8 Å². The molecule has 3 aliphatic rings. The SMILES string of the molecule is COC(=O)c1ccc(C2(NC(=O)C3=C4N(Cc5ccc(C(F)(F)F)cc5)CCN4N(C)C3C)CC2)cc1. The number of alkyl halides is 3. The summed E-state index contributed by atoms with van der Waals surface area (Å²) >= 11 is 0. The first-order chi connectivity index (χ1) is 17.5. The summed E-state index contributed by atoms with van der Waals surface area (Å²) < 4.78 is 43.7. The Morgan fingerprint density at radius 3 is 2.27 bits per heavy atom. The average molecular weight is 515 g/mol. The number of rotatable bonds is 6. The van der Waals surface area contributed by atoms with Crippen molar-refractivity contribution < 1.29 is 27.5 Å². The third-order valence-corrected chi connectivity index (χ3v) is 7.59. The Kier molecular flexibility index (Phi) is 6.18. The van der Waals surface area contributed by atoms with Gasteiger partial charge in [0.15, 0.2) is 0 Å². The number of nitrogens with zero attached hydrogens (tertiary/aromatic N) is 3. The van der Waals surface area contributed by atoms with Gasteiger partial charge in [-0.3, -0.25) is 9.80 Å². The van der Waals surface area contributed by atoms with Crippen molar-refractivity contribution in [3.05, 3.63) is 82.2 Å². The minimum Gasteiger partial charge on any atom is -0.465 e. The highest BCUT2D eigenvalue weighted by atomic mass is 19.4. The normalized spacial score (nSPS) is 20.8. The van der Waals surface area contributed by atoms with Crippen molar-refractivity contribution in [3.63, 3.8) is 0 Å². The average Bonchev–Trinajstić information content (AvgIpc) is 3.48. The van der Waals surface area contributed by atoms with Crippen LogP contribution >= 0.6 is 0 Å². The van der Waals surface area contributed by atoms with Gasteiger partial charge in [0.1, 0.15) is 5.82 Å². The summed E-state index contributed by atoms with van der Waals surface area (Å²) in [6.45, 7) is 3.72. The Morgan fingerprint density at radius 2 is 1.70 bits per heavy atom. The van der Waals surface area contributed by atoms with Gasteiger partial charge in [-0.1, -0.05) is 24.3 Å². The highest BCUT2D eigenvalue weighted by Crippen LogP contribution is 2.46. The minimum atomic E-state index is -4.38. The molecule has 1 amide bonds. The summed E-state index contributed by atoms with van der Waals surface area (Å²) in [7, 11) is 3.27. The molecule has 2 fully saturated rings. The molecule has 2 aromatic rings. The number of hydrogen-bond donors (Lipinski definition) is 1. The van der Waals surface area contributed by atoms with E-state index in [1.54, 1.807) is 12.1 Å². The zero-order chi connectivity index (χ0) is 26.5. The molecule has 10 heteroatoms. The summed E-state index contributed by atoms with van der Waals surface area (Å²) in [4.78, 5) is 27.5. The number of esters is 1. The maximum atomic E-state index is 13.7. The Balaban J connectivity index is 1.37. The minimum absolute atomic E-state index is 0.161. The third-order valence-electron chi connectivity index (χ3n) is 7.59. The van der Waals surface area contributed by atoms with Crippen LogP contribution in [0.15, 0.2) is 59.9 Å². The van der Waals surface area contributed by atoms with Gasteiger partial charge in [-0.25, -0.2) is 9.80 Å². The lowest BCUT2D eigenvalue weighted by Crippen LogP contribution is -2.41. The Labute approximate surface area is 213 Å². The van der Waals surface area contributed by atoms with Crippen molar-refractivity contribution in [2.45, 2.75) is 44.1 Å². The molecule has 0 radical (unpaired) electrons. The molecule has 1 N–H and O–H groups in total. The van der Waals surface area contributed by atoms with Crippen LogP contribution in [0.1, 0.15) is 46.8 Å². The third kappa shape index (κ3) is 4.54. The van der Waals surface area contributed by atoms with Crippen LogP contribution in [0.4, 0.5) is 13.2 Å². The first kappa shape index (κ1) is 25.1. The van der Waals surface area contributed by atoms with Gasteiger partial charge >= 0.3 is 12.1 Å². The monoisotopic (exact) mass is 514 g/mol. The molecule has 196 valence electrons. The van der Waals surface area contributed by atoms with Crippen LogP contribution < -0.4 is 5.32 Å². The maximum absolute atomic E-state index is 13.7. The second-order valence-corrected chi connectivity index (χ2v) is 9.83. The fraction of sp³-hybridized carbons (Fsp3) is 0.407. The Morgan fingerprint density at radius 1 is 1.05 bits per heavy atom. The van der Waals surface area contributed by atoms with E-state index in [0.29, 0.717) is 30.8 Å². The number of hydrogen-bond acceptors (Lipinski definition) is 6. The van der Waals surface area contributed by atoms with Crippen molar-refractivity contribution in [2.24, 2.45) is 0 Å². The number of methoxy groups -OCH3 is 1. The number of amides is 1. The van der Waals surface area contributed by atoms with E-state index in [2.05, 4.69) is 15.2 Å². The van der Waals surface area contributed by atoms with Gasteiger partial charge in [0.05, 0.1) is 41.9 Å². The van der Waals surface area contributed by atoms with Gasteiger partial charge in [0.25, 0.3) is 5.91 Å². The van der Waals surface area contributed by atoms with E-state index < -0.39 is 23.2 Å². The van der Waals surface area contributed by atoms with E-state index in [1.807, 2.05) is 31.1 Å².